The van der Waals surface area contributed by atoms with Crippen molar-refractivity contribution in [2.45, 2.75) is 6.35 Å². The molecule has 8 nitrogen and oxygen atoms in total. The van der Waals surface area contributed by atoms with Crippen molar-refractivity contribution in [3.8, 4) is 16.9 Å². The van der Waals surface area contributed by atoms with Gasteiger partial charge in [-0.3, -0.25) is 9.52 Å². The maximum atomic E-state index is 11.5. The Morgan fingerprint density at radius 2 is 1.84 bits per heavy atom. The predicted octanol–water partition coefficient (Wildman–Crippen LogP) is 3.22. The number of fused-ring (bicyclic) bond motifs is 1. The Bertz CT molecular complexity index is 1360. The van der Waals surface area contributed by atoms with Gasteiger partial charge in [0.15, 0.2) is 0 Å². The van der Waals surface area contributed by atoms with E-state index in [1.165, 1.54) is 12.3 Å². The first-order valence-corrected chi connectivity index (χ1v) is 12.5. The molecule has 166 valence electrons. The number of halogens is 1. The zero-order chi connectivity index (χ0) is 23.0. The molecule has 0 spiro atoms. The second-order valence-corrected chi connectivity index (χ2v) is 10.2. The van der Waals surface area contributed by atoms with Crippen LogP contribution in [0.2, 0.25) is 0 Å². The highest BCUT2D eigenvalue weighted by atomic mass is 127. The van der Waals surface area contributed by atoms with E-state index in [2.05, 4.69) is 32.6 Å². The normalized spacial score (nSPS) is 16.2. The summed E-state index contributed by atoms with van der Waals surface area (Å²) in [4.78, 5) is 13.0. The zero-order valence-electron chi connectivity index (χ0n) is 17.2. The van der Waals surface area contributed by atoms with Crippen molar-refractivity contribution in [3.63, 3.8) is 0 Å². The van der Waals surface area contributed by atoms with Gasteiger partial charge in [-0.2, -0.15) is 0 Å². The van der Waals surface area contributed by atoms with E-state index < -0.39 is 16.4 Å². The number of methoxy groups -OCH3 is 1. The molecule has 0 fully saturated rings. The lowest BCUT2D eigenvalue weighted by Gasteiger charge is -2.30. The number of hydrogen-bond acceptors (Lipinski definition) is 6. The van der Waals surface area contributed by atoms with E-state index in [-0.39, 0.29) is 5.91 Å². The van der Waals surface area contributed by atoms with Crippen molar-refractivity contribution < 1.29 is 23.1 Å². The molecule has 1 aliphatic heterocycles. The Kier molecular flexibility index (Phi) is 6.01. The van der Waals surface area contributed by atoms with Gasteiger partial charge < -0.3 is 20.1 Å². The van der Waals surface area contributed by atoms with Crippen molar-refractivity contribution in [3.05, 3.63) is 64.4 Å². The van der Waals surface area contributed by atoms with Crippen molar-refractivity contribution in [1.29, 1.82) is 0 Å². The molecule has 0 aliphatic carbocycles. The Labute approximate surface area is 199 Å². The molecule has 1 heterocycles. The number of aliphatic hydroxyl groups is 1. The first-order chi connectivity index (χ1) is 15.1. The molecule has 0 aromatic heterocycles. The monoisotopic (exact) mass is 565 g/mol. The minimum atomic E-state index is -3.36. The standard InChI is InChI=1S/C22H20IN3O5S/c1-31-21-18(11-17(12-19(21)23)26-8-7-20(27)24-22(26)28)15-4-3-14-10-16(25-32(2,29)30)6-5-13(14)9-15/h3-12,22,25,28H,1-2H3,(H,24,27). The number of carbonyl (C=O) groups excluding carboxylic acids is 1. The SMILES string of the molecule is COc1c(I)cc(N2C=CC(=O)NC2O)cc1-c1ccc2cc(NS(C)(=O)=O)ccc2c1. The molecule has 1 atom stereocenters. The molecule has 1 unspecified atom stereocenters. The van der Waals surface area contributed by atoms with E-state index in [0.29, 0.717) is 17.1 Å². The Morgan fingerprint density at radius 3 is 2.53 bits per heavy atom. The van der Waals surface area contributed by atoms with Gasteiger partial charge in [-0.25, -0.2) is 8.42 Å². The number of aliphatic hydroxyl groups excluding tert-OH is 1. The summed E-state index contributed by atoms with van der Waals surface area (Å²) in [5.74, 6) is 0.319. The van der Waals surface area contributed by atoms with Crippen LogP contribution in [0.15, 0.2) is 60.8 Å². The Hall–Kier alpha value is -2.83. The smallest absolute Gasteiger partial charge is 0.248 e. The van der Waals surface area contributed by atoms with E-state index >= 15 is 0 Å². The predicted molar refractivity (Wildman–Crippen MR) is 133 cm³/mol. The molecule has 0 bridgehead atoms. The van der Waals surface area contributed by atoms with E-state index in [0.717, 1.165) is 31.7 Å². The van der Waals surface area contributed by atoms with Crippen LogP contribution in [-0.4, -0.2) is 39.1 Å². The second kappa shape index (κ2) is 8.60. The quantitative estimate of drug-likeness (QED) is 0.411. The lowest BCUT2D eigenvalue weighted by Crippen LogP contribution is -2.48. The lowest BCUT2D eigenvalue weighted by atomic mass is 9.99. The fraction of sp³-hybridized carbons (Fsp3) is 0.136. The van der Waals surface area contributed by atoms with Gasteiger partial charge in [0, 0.05) is 29.2 Å². The fourth-order valence-corrected chi connectivity index (χ4v) is 4.93. The number of benzene rings is 3. The topological polar surface area (TPSA) is 108 Å². The summed E-state index contributed by atoms with van der Waals surface area (Å²) in [5.41, 5.74) is 2.88. The van der Waals surface area contributed by atoms with Gasteiger partial charge in [-0.05, 0) is 69.3 Å². The molecule has 1 aliphatic rings. The van der Waals surface area contributed by atoms with Gasteiger partial charge in [-0.15, -0.1) is 0 Å². The maximum Gasteiger partial charge on any atom is 0.248 e. The van der Waals surface area contributed by atoms with Gasteiger partial charge in [0.2, 0.25) is 22.3 Å². The summed E-state index contributed by atoms with van der Waals surface area (Å²) in [7, 11) is -1.76. The zero-order valence-corrected chi connectivity index (χ0v) is 20.1. The van der Waals surface area contributed by atoms with E-state index in [9.17, 15) is 18.3 Å². The average molecular weight is 565 g/mol. The van der Waals surface area contributed by atoms with Crippen molar-refractivity contribution >= 4 is 60.7 Å². The number of carbonyl (C=O) groups is 1. The third kappa shape index (κ3) is 4.66. The molecule has 3 aromatic rings. The molecule has 0 saturated heterocycles. The number of sulfonamides is 1. The molecular formula is C22H20IN3O5S. The van der Waals surface area contributed by atoms with E-state index in [4.69, 9.17) is 4.74 Å². The van der Waals surface area contributed by atoms with Gasteiger partial charge in [0.1, 0.15) is 5.75 Å². The van der Waals surface area contributed by atoms with Crippen molar-refractivity contribution in [1.82, 2.24) is 5.32 Å². The molecular weight excluding hydrogens is 545 g/mol. The first-order valence-electron chi connectivity index (χ1n) is 9.49. The van der Waals surface area contributed by atoms with Crippen LogP contribution in [0.25, 0.3) is 21.9 Å². The van der Waals surface area contributed by atoms with Crippen LogP contribution in [0.1, 0.15) is 0 Å². The summed E-state index contributed by atoms with van der Waals surface area (Å²) in [6.45, 7) is 0. The molecule has 10 heteroatoms. The highest BCUT2D eigenvalue weighted by Gasteiger charge is 2.22. The molecule has 1 amide bonds. The minimum absolute atomic E-state index is 0.364. The summed E-state index contributed by atoms with van der Waals surface area (Å²) < 4.78 is 32.0. The van der Waals surface area contributed by atoms with Crippen LogP contribution in [0.3, 0.4) is 0 Å². The highest BCUT2D eigenvalue weighted by Crippen LogP contribution is 2.39. The molecule has 32 heavy (non-hydrogen) atoms. The fourth-order valence-electron chi connectivity index (χ4n) is 3.54. The Morgan fingerprint density at radius 1 is 1.12 bits per heavy atom. The summed E-state index contributed by atoms with van der Waals surface area (Å²) in [6.07, 6.45) is 2.81. The van der Waals surface area contributed by atoms with Crippen LogP contribution in [0, 0.1) is 3.57 Å². The van der Waals surface area contributed by atoms with Crippen LogP contribution in [0.4, 0.5) is 11.4 Å². The van der Waals surface area contributed by atoms with Crippen molar-refractivity contribution in [2.24, 2.45) is 0 Å². The largest absolute Gasteiger partial charge is 0.495 e. The van der Waals surface area contributed by atoms with Gasteiger partial charge in [0.05, 0.1) is 16.9 Å². The average Bonchev–Trinajstić information content (AvgIpc) is 2.71. The molecule has 0 radical (unpaired) electrons. The van der Waals surface area contributed by atoms with Crippen LogP contribution in [-0.2, 0) is 14.8 Å². The van der Waals surface area contributed by atoms with Crippen LogP contribution in [0.5, 0.6) is 5.75 Å². The lowest BCUT2D eigenvalue weighted by molar-refractivity contribution is -0.119. The van der Waals surface area contributed by atoms with Crippen LogP contribution >= 0.6 is 22.6 Å². The third-order valence-corrected chi connectivity index (χ3v) is 6.31. The number of anilines is 2. The number of nitrogens with zero attached hydrogens (tertiary/aromatic N) is 1. The highest BCUT2D eigenvalue weighted by molar-refractivity contribution is 14.1. The third-order valence-electron chi connectivity index (χ3n) is 4.91. The summed E-state index contributed by atoms with van der Waals surface area (Å²) in [6, 6.07) is 14.9. The first kappa shape index (κ1) is 22.4. The van der Waals surface area contributed by atoms with Gasteiger partial charge in [-0.1, -0.05) is 18.2 Å². The van der Waals surface area contributed by atoms with E-state index in [1.807, 2.05) is 36.4 Å². The minimum Gasteiger partial charge on any atom is -0.495 e. The molecule has 3 aromatic carbocycles. The number of nitrogens with one attached hydrogen (secondary N) is 2. The molecule has 0 saturated carbocycles. The molecule has 3 N–H and O–H groups in total. The van der Waals surface area contributed by atoms with E-state index in [1.54, 1.807) is 24.1 Å². The van der Waals surface area contributed by atoms with Crippen LogP contribution < -0.4 is 19.7 Å². The number of amides is 1. The maximum absolute atomic E-state index is 11.5. The number of ether oxygens (including phenoxy) is 1. The number of hydrogen-bond donors (Lipinski definition) is 3. The number of rotatable bonds is 5. The summed E-state index contributed by atoms with van der Waals surface area (Å²) in [5, 5.41) is 14.5. The van der Waals surface area contributed by atoms with Gasteiger partial charge >= 0.3 is 0 Å². The second-order valence-electron chi connectivity index (χ2n) is 7.26. The summed E-state index contributed by atoms with van der Waals surface area (Å²) >= 11 is 2.17. The van der Waals surface area contributed by atoms with Gasteiger partial charge in [0.25, 0.3) is 0 Å². The molecule has 4 rings (SSSR count). The van der Waals surface area contributed by atoms with Crippen molar-refractivity contribution in [2.75, 3.05) is 23.0 Å². The Balaban J connectivity index is 1.79.